The predicted molar refractivity (Wildman–Crippen MR) is 84.6 cm³/mol. The van der Waals surface area contributed by atoms with Crippen molar-refractivity contribution in [1.82, 2.24) is 0 Å². The summed E-state index contributed by atoms with van der Waals surface area (Å²) >= 11 is 0. The molecule has 3 unspecified atom stereocenters. The van der Waals surface area contributed by atoms with E-state index in [1.807, 2.05) is 13.8 Å². The molecule has 0 bridgehead atoms. The molecule has 0 aromatic rings. The van der Waals surface area contributed by atoms with Gasteiger partial charge in [0.25, 0.3) is 0 Å². The summed E-state index contributed by atoms with van der Waals surface area (Å²) in [5.41, 5.74) is 0. The van der Waals surface area contributed by atoms with Gasteiger partial charge in [-0.1, -0.05) is 0 Å². The van der Waals surface area contributed by atoms with Crippen molar-refractivity contribution in [3.63, 3.8) is 0 Å². The third kappa shape index (κ3) is 4.05. The molecule has 8 nitrogen and oxygen atoms in total. The fourth-order valence-corrected chi connectivity index (χ4v) is 3.41. The molecule has 3 fully saturated rings. The Labute approximate surface area is 147 Å². The molecule has 0 aromatic carbocycles. The lowest BCUT2D eigenvalue weighted by molar-refractivity contribution is -0.278. The lowest BCUT2D eigenvalue weighted by atomic mass is 9.96. The number of ether oxygens (including phenoxy) is 6. The average Bonchev–Trinajstić information content (AvgIpc) is 3.00. The highest BCUT2D eigenvalue weighted by Gasteiger charge is 2.55. The third-order valence-electron chi connectivity index (χ3n) is 4.50. The summed E-state index contributed by atoms with van der Waals surface area (Å²) < 4.78 is 34.3. The van der Waals surface area contributed by atoms with E-state index in [9.17, 15) is 9.90 Å². The van der Waals surface area contributed by atoms with Gasteiger partial charge < -0.3 is 33.5 Å². The van der Waals surface area contributed by atoms with Crippen LogP contribution in [-0.2, 0) is 33.2 Å². The van der Waals surface area contributed by atoms with Gasteiger partial charge in [0.15, 0.2) is 23.1 Å². The van der Waals surface area contributed by atoms with Crippen molar-refractivity contribution in [2.24, 2.45) is 0 Å². The molecule has 3 aliphatic heterocycles. The second kappa shape index (κ2) is 6.23. The largest absolute Gasteiger partial charge is 0.387 e. The zero-order valence-electron chi connectivity index (χ0n) is 15.6. The molecule has 5 atom stereocenters. The normalized spacial score (nSPS) is 41.0. The number of Topliss-reactive ketones (excluding diaryl/α,β-unsaturated/α-hetero) is 1. The quantitative estimate of drug-likeness (QED) is 0.788. The summed E-state index contributed by atoms with van der Waals surface area (Å²) in [5, 5.41) is 10.9. The van der Waals surface area contributed by atoms with Crippen LogP contribution in [0.5, 0.6) is 0 Å². The van der Waals surface area contributed by atoms with Gasteiger partial charge in [-0.05, 0) is 41.5 Å². The molecular weight excluding hydrogens is 332 g/mol. The number of hydrogen-bond acceptors (Lipinski definition) is 8. The minimum atomic E-state index is -1.21. The molecule has 25 heavy (non-hydrogen) atoms. The molecule has 0 amide bonds. The van der Waals surface area contributed by atoms with Gasteiger partial charge in [0, 0.05) is 0 Å². The highest BCUT2D eigenvalue weighted by Crippen LogP contribution is 2.38. The minimum Gasteiger partial charge on any atom is -0.387 e. The van der Waals surface area contributed by atoms with E-state index >= 15 is 0 Å². The van der Waals surface area contributed by atoms with E-state index in [4.69, 9.17) is 28.4 Å². The fourth-order valence-electron chi connectivity index (χ4n) is 3.41. The van der Waals surface area contributed by atoms with Crippen molar-refractivity contribution < 1.29 is 38.3 Å². The number of aliphatic hydroxyl groups is 1. The summed E-state index contributed by atoms with van der Waals surface area (Å²) in [6, 6.07) is 0. The van der Waals surface area contributed by atoms with Gasteiger partial charge in [0.1, 0.15) is 37.1 Å². The molecular formula is C17H28O8. The maximum Gasteiger partial charge on any atom is 0.190 e. The van der Waals surface area contributed by atoms with Crippen molar-refractivity contribution in [2.45, 2.75) is 89.4 Å². The van der Waals surface area contributed by atoms with E-state index in [-0.39, 0.29) is 12.4 Å². The van der Waals surface area contributed by atoms with E-state index in [1.54, 1.807) is 27.7 Å². The molecule has 0 aromatic heterocycles. The van der Waals surface area contributed by atoms with Crippen LogP contribution in [0.4, 0.5) is 0 Å². The summed E-state index contributed by atoms with van der Waals surface area (Å²) in [6.45, 7) is 10.7. The lowest BCUT2D eigenvalue weighted by Crippen LogP contribution is -2.57. The number of carbonyl (C=O) groups excluding carboxylic acids is 1. The maximum absolute atomic E-state index is 12.2. The summed E-state index contributed by atoms with van der Waals surface area (Å²) in [7, 11) is 0. The molecule has 3 heterocycles. The molecule has 0 radical (unpaired) electrons. The lowest BCUT2D eigenvalue weighted by Gasteiger charge is -2.39. The average molecular weight is 360 g/mol. The number of carbonyl (C=O) groups is 1. The van der Waals surface area contributed by atoms with Gasteiger partial charge in [0.2, 0.25) is 0 Å². The number of aliphatic hydroxyl groups excluding tert-OH is 1. The minimum absolute atomic E-state index is 0.119. The summed E-state index contributed by atoms with van der Waals surface area (Å²) in [6.07, 6.45) is -4.06. The Morgan fingerprint density at radius 3 is 2.16 bits per heavy atom. The number of ketones is 1. The second-order valence-corrected chi connectivity index (χ2v) is 8.12. The Bertz CT molecular complexity index is 529. The van der Waals surface area contributed by atoms with Crippen molar-refractivity contribution >= 4 is 5.78 Å². The van der Waals surface area contributed by atoms with Gasteiger partial charge in [0.05, 0.1) is 6.61 Å². The van der Waals surface area contributed by atoms with Crippen molar-refractivity contribution in [3.05, 3.63) is 0 Å². The summed E-state index contributed by atoms with van der Waals surface area (Å²) in [5.74, 6) is -2.94. The van der Waals surface area contributed by atoms with E-state index in [0.717, 1.165) is 0 Å². The Hall–Kier alpha value is -0.610. The third-order valence-corrected chi connectivity index (χ3v) is 4.50. The predicted octanol–water partition coefficient (Wildman–Crippen LogP) is 0.739. The standard InChI is InChI=1S/C17H28O8/c1-15(2)21-8-10(22-15)13-14(25-17(5,6)24-13)11(19)12-9(18)7-20-16(3,4)23-12/h10-14,19H,7-8H2,1-6H3/t10?,11-,12-,13?,14?/m0/s1. The molecule has 1 N–H and O–H groups in total. The van der Waals surface area contributed by atoms with E-state index in [0.29, 0.717) is 6.61 Å². The first-order chi connectivity index (χ1) is 11.4. The van der Waals surface area contributed by atoms with E-state index in [1.165, 1.54) is 0 Å². The van der Waals surface area contributed by atoms with Crippen LogP contribution in [0, 0.1) is 0 Å². The Balaban J connectivity index is 1.79. The van der Waals surface area contributed by atoms with Gasteiger partial charge in [-0.3, -0.25) is 4.79 Å². The highest BCUT2D eigenvalue weighted by atomic mass is 16.8. The van der Waals surface area contributed by atoms with Crippen LogP contribution in [-0.4, -0.2) is 72.0 Å². The van der Waals surface area contributed by atoms with E-state index < -0.39 is 47.9 Å². The van der Waals surface area contributed by atoms with Crippen LogP contribution in [0.1, 0.15) is 41.5 Å². The Morgan fingerprint density at radius 1 is 0.920 bits per heavy atom. The van der Waals surface area contributed by atoms with Gasteiger partial charge in [-0.15, -0.1) is 0 Å². The molecule has 144 valence electrons. The van der Waals surface area contributed by atoms with Crippen molar-refractivity contribution in [1.29, 1.82) is 0 Å². The SMILES string of the molecule is CC1(C)OCC(C2OC(C)(C)OC2[C@@H](O)[C@H]2OC(C)(C)OCC2=O)O1. The van der Waals surface area contributed by atoms with Crippen molar-refractivity contribution in [3.8, 4) is 0 Å². The van der Waals surface area contributed by atoms with Crippen LogP contribution in [0.15, 0.2) is 0 Å². The first-order valence-electron chi connectivity index (χ1n) is 8.59. The zero-order valence-corrected chi connectivity index (χ0v) is 15.6. The van der Waals surface area contributed by atoms with Gasteiger partial charge >= 0.3 is 0 Å². The molecule has 3 saturated heterocycles. The number of rotatable bonds is 3. The van der Waals surface area contributed by atoms with Crippen LogP contribution in [0.3, 0.4) is 0 Å². The molecule has 3 aliphatic rings. The smallest absolute Gasteiger partial charge is 0.190 e. The van der Waals surface area contributed by atoms with Crippen LogP contribution < -0.4 is 0 Å². The van der Waals surface area contributed by atoms with Crippen LogP contribution in [0.2, 0.25) is 0 Å². The first kappa shape index (κ1) is 19.2. The van der Waals surface area contributed by atoms with E-state index in [2.05, 4.69) is 0 Å². The molecule has 0 aliphatic carbocycles. The molecule has 0 spiro atoms. The second-order valence-electron chi connectivity index (χ2n) is 8.12. The van der Waals surface area contributed by atoms with Gasteiger partial charge in [-0.25, -0.2) is 0 Å². The van der Waals surface area contributed by atoms with Crippen LogP contribution in [0.25, 0.3) is 0 Å². The number of hydrogen-bond donors (Lipinski definition) is 1. The highest BCUT2D eigenvalue weighted by molar-refractivity contribution is 5.85. The molecule has 3 rings (SSSR count). The molecule has 0 saturated carbocycles. The Morgan fingerprint density at radius 2 is 1.56 bits per heavy atom. The topological polar surface area (TPSA) is 92.7 Å². The summed E-state index contributed by atoms with van der Waals surface area (Å²) in [4.78, 5) is 12.2. The maximum atomic E-state index is 12.2. The molecule has 8 heteroatoms. The zero-order chi connectivity index (χ0) is 18.6. The van der Waals surface area contributed by atoms with Gasteiger partial charge in [-0.2, -0.15) is 0 Å². The fraction of sp³-hybridized carbons (Fsp3) is 0.941. The van der Waals surface area contributed by atoms with Crippen molar-refractivity contribution in [2.75, 3.05) is 13.2 Å². The first-order valence-corrected chi connectivity index (χ1v) is 8.59. The monoisotopic (exact) mass is 360 g/mol. The Kier molecular flexibility index (Phi) is 4.77. The van der Waals surface area contributed by atoms with Crippen LogP contribution >= 0.6 is 0 Å².